The van der Waals surface area contributed by atoms with Crippen LogP contribution >= 0.6 is 0 Å². The summed E-state index contributed by atoms with van der Waals surface area (Å²) in [5.74, 6) is -0.977. The van der Waals surface area contributed by atoms with Gasteiger partial charge in [-0.2, -0.15) is 15.8 Å². The van der Waals surface area contributed by atoms with Crippen LogP contribution in [-0.4, -0.2) is 22.5 Å². The van der Waals surface area contributed by atoms with Crippen LogP contribution in [-0.2, 0) is 6.61 Å². The zero-order valence-electron chi connectivity index (χ0n) is 16.3. The fourth-order valence-corrected chi connectivity index (χ4v) is 2.01. The van der Waals surface area contributed by atoms with Crippen LogP contribution in [0.25, 0.3) is 0 Å². The molecule has 0 aliphatic rings. The van der Waals surface area contributed by atoms with Gasteiger partial charge in [0.25, 0.3) is 0 Å². The molecule has 3 rings (SSSR count). The molecule has 0 heterocycles. The van der Waals surface area contributed by atoms with Crippen molar-refractivity contribution in [2.75, 3.05) is 0 Å². The van der Waals surface area contributed by atoms with Crippen molar-refractivity contribution in [1.82, 2.24) is 0 Å². The maximum Gasteiger partial charge on any atom is 0.335 e. The van der Waals surface area contributed by atoms with Gasteiger partial charge in [-0.15, -0.1) is 0 Å². The smallest absolute Gasteiger partial charge is 0.335 e. The Kier molecular flexibility index (Phi) is 10.5. The van der Waals surface area contributed by atoms with Crippen molar-refractivity contribution in [1.29, 1.82) is 15.8 Å². The number of hydrogen-bond donors (Lipinski definition) is 2. The van der Waals surface area contributed by atoms with Crippen molar-refractivity contribution in [3.8, 4) is 18.2 Å². The summed E-state index contributed by atoms with van der Waals surface area (Å²) in [7, 11) is 0. The Hall–Kier alpha value is -4.77. The maximum absolute atomic E-state index is 10.3. The predicted molar refractivity (Wildman–Crippen MR) is 112 cm³/mol. The quantitative estimate of drug-likeness (QED) is 0.625. The minimum atomic E-state index is -0.977. The summed E-state index contributed by atoms with van der Waals surface area (Å²) in [6.45, 7) is 0.0334. The summed E-state index contributed by atoms with van der Waals surface area (Å²) in [6.07, 6.45) is 0.751. The molecule has 152 valence electrons. The lowest BCUT2D eigenvalue weighted by Gasteiger charge is -1.92. The van der Waals surface area contributed by atoms with Crippen molar-refractivity contribution < 1.29 is 19.8 Å². The number of carbonyl (C=O) groups is 2. The van der Waals surface area contributed by atoms with Crippen LogP contribution in [0.4, 0.5) is 0 Å². The minimum Gasteiger partial charge on any atom is -0.478 e. The molecule has 0 aliphatic heterocycles. The zero-order valence-corrected chi connectivity index (χ0v) is 16.3. The molecule has 3 aromatic carbocycles. The summed E-state index contributed by atoms with van der Waals surface area (Å²) in [6, 6.07) is 24.9. The van der Waals surface area contributed by atoms with Gasteiger partial charge in [-0.1, -0.05) is 24.3 Å². The van der Waals surface area contributed by atoms with Gasteiger partial charge in [-0.05, 0) is 54.1 Å². The number of hydrogen-bond acceptors (Lipinski definition) is 6. The molecule has 0 aliphatic carbocycles. The Labute approximate surface area is 179 Å². The summed E-state index contributed by atoms with van der Waals surface area (Å²) >= 11 is 0. The number of rotatable bonds is 3. The average Bonchev–Trinajstić information content (AvgIpc) is 2.85. The van der Waals surface area contributed by atoms with Crippen LogP contribution < -0.4 is 0 Å². The van der Waals surface area contributed by atoms with Gasteiger partial charge in [0.15, 0.2) is 0 Å². The van der Waals surface area contributed by atoms with E-state index in [9.17, 15) is 9.59 Å². The fraction of sp³-hybridized carbons (Fsp3) is 0.0417. The van der Waals surface area contributed by atoms with Gasteiger partial charge in [0.1, 0.15) is 6.29 Å². The molecule has 0 bridgehead atoms. The molecule has 31 heavy (non-hydrogen) atoms. The number of benzene rings is 3. The van der Waals surface area contributed by atoms with Gasteiger partial charge in [-0.3, -0.25) is 4.79 Å². The van der Waals surface area contributed by atoms with E-state index in [2.05, 4.69) is 0 Å². The number of aliphatic hydroxyl groups excluding tert-OH is 1. The first-order valence-electron chi connectivity index (χ1n) is 8.76. The van der Waals surface area contributed by atoms with Gasteiger partial charge in [-0.25, -0.2) is 4.79 Å². The summed E-state index contributed by atoms with van der Waals surface area (Å²) in [5.41, 5.74) is 3.29. The van der Waals surface area contributed by atoms with Crippen molar-refractivity contribution in [2.45, 2.75) is 6.61 Å². The molecular weight excluding hydrogens is 394 g/mol. The van der Waals surface area contributed by atoms with Crippen molar-refractivity contribution >= 4 is 12.3 Å². The third-order valence-electron chi connectivity index (χ3n) is 3.70. The highest BCUT2D eigenvalue weighted by atomic mass is 16.4. The van der Waals surface area contributed by atoms with Crippen molar-refractivity contribution in [2.24, 2.45) is 0 Å². The summed E-state index contributed by atoms with van der Waals surface area (Å²) < 4.78 is 0. The number of nitrogens with zero attached hydrogens (tertiary/aromatic N) is 3. The monoisotopic (exact) mass is 411 g/mol. The lowest BCUT2D eigenvalue weighted by Crippen LogP contribution is -1.94. The topological polar surface area (TPSA) is 146 Å². The second-order valence-electron chi connectivity index (χ2n) is 5.81. The van der Waals surface area contributed by atoms with Crippen LogP contribution in [0.1, 0.15) is 43.0 Å². The van der Waals surface area contributed by atoms with Crippen LogP contribution in [0.15, 0.2) is 72.8 Å². The molecule has 0 saturated heterocycles. The summed E-state index contributed by atoms with van der Waals surface area (Å²) in [5, 5.41) is 42.2. The van der Waals surface area contributed by atoms with E-state index in [-0.39, 0.29) is 12.2 Å². The third-order valence-corrected chi connectivity index (χ3v) is 3.70. The third kappa shape index (κ3) is 8.85. The highest BCUT2D eigenvalue weighted by Crippen LogP contribution is 2.03. The van der Waals surface area contributed by atoms with E-state index in [1.807, 2.05) is 18.2 Å². The normalized spacial score (nSPS) is 8.58. The van der Waals surface area contributed by atoms with Crippen molar-refractivity contribution in [3.05, 3.63) is 106 Å². The van der Waals surface area contributed by atoms with Gasteiger partial charge < -0.3 is 10.2 Å². The molecule has 7 heteroatoms. The van der Waals surface area contributed by atoms with E-state index < -0.39 is 5.97 Å². The minimum absolute atomic E-state index is 0.0334. The number of aromatic carboxylic acids is 1. The molecule has 0 unspecified atom stereocenters. The number of aldehydes is 1. The molecule has 2 N–H and O–H groups in total. The molecule has 0 radical (unpaired) electrons. The Balaban J connectivity index is 0.000000233. The number of aliphatic hydroxyl groups is 1. The van der Waals surface area contributed by atoms with Gasteiger partial charge in [0.2, 0.25) is 0 Å². The standard InChI is InChI=1S/C8H5NO2.C8H7NO.C8H5NO/c9-5-6-1-3-7(4-2-6)8(10)11;2*9-5-7-1-3-8(6-10)4-2-7/h1-4H,(H,10,11);1-4,10H,6H2;1-4,6H. The molecule has 0 spiro atoms. The van der Waals surface area contributed by atoms with E-state index >= 15 is 0 Å². The SMILES string of the molecule is N#Cc1ccc(C(=O)O)cc1.N#Cc1ccc(C=O)cc1.N#Cc1ccc(CO)cc1. The maximum atomic E-state index is 10.3. The Morgan fingerprint density at radius 2 is 1.13 bits per heavy atom. The molecular formula is C24H17N3O4. The molecule has 3 aromatic rings. The number of nitriles is 3. The van der Waals surface area contributed by atoms with Crippen molar-refractivity contribution in [3.63, 3.8) is 0 Å². The van der Waals surface area contributed by atoms with E-state index in [1.54, 1.807) is 48.5 Å². The first-order chi connectivity index (χ1) is 15.0. The molecule has 0 amide bonds. The molecule has 0 atom stereocenters. The second-order valence-corrected chi connectivity index (χ2v) is 5.81. The van der Waals surface area contributed by atoms with Crippen LogP contribution in [0, 0.1) is 34.0 Å². The van der Waals surface area contributed by atoms with Gasteiger partial charge in [0, 0.05) is 5.56 Å². The first-order valence-corrected chi connectivity index (χ1v) is 8.76. The van der Waals surface area contributed by atoms with Gasteiger partial charge >= 0.3 is 5.97 Å². The molecule has 7 nitrogen and oxygen atoms in total. The molecule has 0 fully saturated rings. The first kappa shape index (κ1) is 24.3. The zero-order chi connectivity index (χ0) is 23.1. The van der Waals surface area contributed by atoms with E-state index in [1.165, 1.54) is 24.3 Å². The van der Waals surface area contributed by atoms with E-state index in [4.69, 9.17) is 26.0 Å². The van der Waals surface area contributed by atoms with Crippen LogP contribution in [0.3, 0.4) is 0 Å². The highest BCUT2D eigenvalue weighted by molar-refractivity contribution is 5.87. The molecule has 0 saturated carbocycles. The predicted octanol–water partition coefficient (Wildman–Crippen LogP) is 3.68. The van der Waals surface area contributed by atoms with Crippen LogP contribution in [0.5, 0.6) is 0 Å². The molecule has 0 aromatic heterocycles. The summed E-state index contributed by atoms with van der Waals surface area (Å²) in [4.78, 5) is 20.4. The Morgan fingerprint density at radius 3 is 1.45 bits per heavy atom. The lowest BCUT2D eigenvalue weighted by molar-refractivity contribution is 0.0696. The van der Waals surface area contributed by atoms with E-state index in [0.717, 1.165) is 11.8 Å². The number of carboxylic acid groups (broad SMARTS) is 1. The average molecular weight is 411 g/mol. The second kappa shape index (κ2) is 13.4. The highest BCUT2D eigenvalue weighted by Gasteiger charge is 2.00. The number of carbonyl (C=O) groups excluding carboxylic acids is 1. The van der Waals surface area contributed by atoms with Crippen LogP contribution in [0.2, 0.25) is 0 Å². The largest absolute Gasteiger partial charge is 0.478 e. The van der Waals surface area contributed by atoms with Gasteiger partial charge in [0.05, 0.1) is 47.1 Å². The Bertz CT molecular complexity index is 1120. The number of carboxylic acids is 1. The van der Waals surface area contributed by atoms with E-state index in [0.29, 0.717) is 22.3 Å². The lowest BCUT2D eigenvalue weighted by atomic mass is 10.1. The fourth-order valence-electron chi connectivity index (χ4n) is 2.01. The Morgan fingerprint density at radius 1 is 0.742 bits per heavy atom.